The molecule has 6 heteroatoms. The molecule has 0 aliphatic carbocycles. The number of nitrogens with zero attached hydrogens (tertiary/aromatic N) is 2. The van der Waals surface area contributed by atoms with Gasteiger partial charge >= 0.3 is 5.76 Å². The minimum atomic E-state index is -0.532. The van der Waals surface area contributed by atoms with E-state index >= 15 is 0 Å². The van der Waals surface area contributed by atoms with Crippen molar-refractivity contribution in [2.45, 2.75) is 13.1 Å². The summed E-state index contributed by atoms with van der Waals surface area (Å²) >= 11 is 0. The number of oxazole rings is 1. The van der Waals surface area contributed by atoms with E-state index in [2.05, 4.69) is 0 Å². The van der Waals surface area contributed by atoms with E-state index in [1.54, 1.807) is 49.7 Å². The SMILES string of the molecule is CN(Cc1ccco1)C(=O)Cn1c(=O)oc2ccccc21. The number of likely N-dealkylation sites (N-methyl/N-ethyl adjacent to an activating group) is 1. The number of carbonyl (C=O) groups excluding carboxylic acids is 1. The minimum Gasteiger partial charge on any atom is -0.467 e. The molecule has 0 aliphatic rings. The highest BCUT2D eigenvalue weighted by Gasteiger charge is 2.16. The Morgan fingerprint density at radius 3 is 2.81 bits per heavy atom. The molecule has 1 aromatic carbocycles. The molecular formula is C15H14N2O4. The van der Waals surface area contributed by atoms with E-state index in [0.717, 1.165) is 0 Å². The van der Waals surface area contributed by atoms with Crippen LogP contribution in [0.25, 0.3) is 11.1 Å². The Morgan fingerprint density at radius 1 is 1.24 bits per heavy atom. The van der Waals surface area contributed by atoms with Crippen molar-refractivity contribution in [3.63, 3.8) is 0 Å². The maximum atomic E-state index is 12.2. The lowest BCUT2D eigenvalue weighted by molar-refractivity contribution is -0.131. The van der Waals surface area contributed by atoms with E-state index < -0.39 is 5.76 Å². The average molecular weight is 286 g/mol. The number of hydrogen-bond donors (Lipinski definition) is 0. The van der Waals surface area contributed by atoms with Gasteiger partial charge in [-0.3, -0.25) is 9.36 Å². The van der Waals surface area contributed by atoms with E-state index in [9.17, 15) is 9.59 Å². The monoisotopic (exact) mass is 286 g/mol. The quantitative estimate of drug-likeness (QED) is 0.734. The molecule has 3 aromatic rings. The van der Waals surface area contributed by atoms with E-state index in [4.69, 9.17) is 8.83 Å². The van der Waals surface area contributed by atoms with E-state index in [0.29, 0.717) is 23.4 Å². The topological polar surface area (TPSA) is 68.6 Å². The van der Waals surface area contributed by atoms with Crippen LogP contribution < -0.4 is 5.76 Å². The number of fused-ring (bicyclic) bond motifs is 1. The molecule has 6 nitrogen and oxygen atoms in total. The number of rotatable bonds is 4. The molecule has 0 atom stereocenters. The van der Waals surface area contributed by atoms with Crippen molar-refractivity contribution in [2.24, 2.45) is 0 Å². The first-order valence-corrected chi connectivity index (χ1v) is 6.50. The standard InChI is InChI=1S/C15H14N2O4/c1-16(9-11-5-4-8-20-11)14(18)10-17-12-6-2-3-7-13(12)21-15(17)19/h2-8H,9-10H2,1H3. The first-order chi connectivity index (χ1) is 10.1. The number of benzene rings is 1. The molecule has 0 fully saturated rings. The molecule has 0 radical (unpaired) electrons. The molecular weight excluding hydrogens is 272 g/mol. The summed E-state index contributed by atoms with van der Waals surface area (Å²) in [5.74, 6) is -0.0359. The van der Waals surface area contributed by atoms with Crippen molar-refractivity contribution in [2.75, 3.05) is 7.05 Å². The lowest BCUT2D eigenvalue weighted by atomic mass is 10.3. The summed E-state index contributed by atoms with van der Waals surface area (Å²) < 4.78 is 11.6. The molecule has 0 spiro atoms. The van der Waals surface area contributed by atoms with Crippen LogP contribution >= 0.6 is 0 Å². The van der Waals surface area contributed by atoms with Gasteiger partial charge in [0.1, 0.15) is 12.3 Å². The maximum absolute atomic E-state index is 12.2. The second-order valence-electron chi connectivity index (χ2n) is 4.75. The Labute approximate surface area is 120 Å². The Bertz CT molecular complexity index is 814. The van der Waals surface area contributed by atoms with Crippen LogP contribution in [0.2, 0.25) is 0 Å². The van der Waals surface area contributed by atoms with Crippen molar-refractivity contribution < 1.29 is 13.6 Å². The average Bonchev–Trinajstić information content (AvgIpc) is 3.07. The summed E-state index contributed by atoms with van der Waals surface area (Å²) in [6, 6.07) is 10.6. The Hall–Kier alpha value is -2.76. The van der Waals surface area contributed by atoms with Gasteiger partial charge in [0.2, 0.25) is 5.91 Å². The number of furan rings is 1. The van der Waals surface area contributed by atoms with Crippen molar-refractivity contribution in [3.05, 3.63) is 59.0 Å². The Balaban J connectivity index is 1.80. The van der Waals surface area contributed by atoms with Crippen LogP contribution in [0.3, 0.4) is 0 Å². The normalized spacial score (nSPS) is 10.9. The second kappa shape index (κ2) is 5.32. The van der Waals surface area contributed by atoms with Crippen molar-refractivity contribution in [1.82, 2.24) is 9.47 Å². The van der Waals surface area contributed by atoms with Gasteiger partial charge < -0.3 is 13.7 Å². The van der Waals surface area contributed by atoms with E-state index in [1.165, 1.54) is 9.47 Å². The summed E-state index contributed by atoms with van der Waals surface area (Å²) in [4.78, 5) is 25.5. The lowest BCUT2D eigenvalue weighted by Crippen LogP contribution is -2.32. The molecule has 0 aliphatic heterocycles. The van der Waals surface area contributed by atoms with Crippen LogP contribution in [0.5, 0.6) is 0 Å². The Morgan fingerprint density at radius 2 is 2.05 bits per heavy atom. The van der Waals surface area contributed by atoms with Gasteiger partial charge in [0.15, 0.2) is 5.58 Å². The van der Waals surface area contributed by atoms with Crippen molar-refractivity contribution in [1.29, 1.82) is 0 Å². The highest BCUT2D eigenvalue weighted by Crippen LogP contribution is 2.12. The third-order valence-electron chi connectivity index (χ3n) is 3.27. The van der Waals surface area contributed by atoms with Gasteiger partial charge in [-0.2, -0.15) is 0 Å². The number of hydrogen-bond acceptors (Lipinski definition) is 4. The van der Waals surface area contributed by atoms with Crippen molar-refractivity contribution in [3.8, 4) is 0 Å². The van der Waals surface area contributed by atoms with Crippen LogP contribution in [0.15, 0.2) is 56.3 Å². The largest absolute Gasteiger partial charge is 0.467 e. The van der Waals surface area contributed by atoms with Crippen LogP contribution in [0.4, 0.5) is 0 Å². The van der Waals surface area contributed by atoms with Gasteiger partial charge in [0, 0.05) is 7.05 Å². The van der Waals surface area contributed by atoms with Crippen LogP contribution in [0, 0.1) is 0 Å². The molecule has 2 heterocycles. The molecule has 108 valence electrons. The summed E-state index contributed by atoms with van der Waals surface area (Å²) in [7, 11) is 1.66. The van der Waals surface area contributed by atoms with Gasteiger partial charge in [-0.05, 0) is 24.3 Å². The number of para-hydroxylation sites is 2. The first kappa shape index (κ1) is 13.2. The van der Waals surface area contributed by atoms with E-state index in [1.807, 2.05) is 0 Å². The summed E-state index contributed by atoms with van der Waals surface area (Å²) in [6.45, 7) is 0.295. The summed E-state index contributed by atoms with van der Waals surface area (Å²) in [5, 5.41) is 0. The fourth-order valence-electron chi connectivity index (χ4n) is 2.14. The van der Waals surface area contributed by atoms with E-state index in [-0.39, 0.29) is 12.5 Å². The molecule has 3 rings (SSSR count). The van der Waals surface area contributed by atoms with Crippen LogP contribution in [-0.2, 0) is 17.9 Å². The van der Waals surface area contributed by atoms with Crippen LogP contribution in [-0.4, -0.2) is 22.4 Å². The highest BCUT2D eigenvalue weighted by atomic mass is 16.4. The number of aromatic nitrogens is 1. The second-order valence-corrected chi connectivity index (χ2v) is 4.75. The molecule has 1 amide bonds. The Kier molecular flexibility index (Phi) is 3.35. The maximum Gasteiger partial charge on any atom is 0.420 e. The fourth-order valence-corrected chi connectivity index (χ4v) is 2.14. The first-order valence-electron chi connectivity index (χ1n) is 6.50. The summed E-state index contributed by atoms with van der Waals surface area (Å²) in [6.07, 6.45) is 1.56. The summed E-state index contributed by atoms with van der Waals surface area (Å²) in [5.41, 5.74) is 1.09. The molecule has 0 N–H and O–H groups in total. The lowest BCUT2D eigenvalue weighted by Gasteiger charge is -2.15. The molecule has 0 saturated heterocycles. The smallest absolute Gasteiger partial charge is 0.420 e. The zero-order valence-electron chi connectivity index (χ0n) is 11.5. The zero-order chi connectivity index (χ0) is 14.8. The number of carbonyl (C=O) groups is 1. The molecule has 0 unspecified atom stereocenters. The fraction of sp³-hybridized carbons (Fsp3) is 0.200. The third kappa shape index (κ3) is 2.60. The molecule has 0 bridgehead atoms. The van der Waals surface area contributed by atoms with Gasteiger partial charge in [0.25, 0.3) is 0 Å². The zero-order valence-corrected chi connectivity index (χ0v) is 11.5. The van der Waals surface area contributed by atoms with Crippen molar-refractivity contribution >= 4 is 17.0 Å². The molecule has 2 aromatic heterocycles. The van der Waals surface area contributed by atoms with Gasteiger partial charge in [-0.15, -0.1) is 0 Å². The predicted molar refractivity (Wildman–Crippen MR) is 75.7 cm³/mol. The van der Waals surface area contributed by atoms with Gasteiger partial charge in [-0.25, -0.2) is 4.79 Å². The molecule has 21 heavy (non-hydrogen) atoms. The predicted octanol–water partition coefficient (Wildman–Crippen LogP) is 1.85. The van der Waals surface area contributed by atoms with Crippen LogP contribution in [0.1, 0.15) is 5.76 Å². The molecule has 0 saturated carbocycles. The van der Waals surface area contributed by atoms with Gasteiger partial charge in [-0.1, -0.05) is 12.1 Å². The minimum absolute atomic E-state index is 0.0624. The number of amides is 1. The van der Waals surface area contributed by atoms with Gasteiger partial charge in [0.05, 0.1) is 18.3 Å². The third-order valence-corrected chi connectivity index (χ3v) is 3.27. The highest BCUT2D eigenvalue weighted by molar-refractivity contribution is 5.79.